The molecule has 4 heteroatoms. The van der Waals surface area contributed by atoms with Crippen LogP contribution in [-0.2, 0) is 12.8 Å². The highest BCUT2D eigenvalue weighted by Gasteiger charge is 2.21. The van der Waals surface area contributed by atoms with Crippen LogP contribution in [0.4, 0.5) is 5.95 Å². The third-order valence-electron chi connectivity index (χ3n) is 4.24. The lowest BCUT2D eigenvalue weighted by Gasteiger charge is -2.18. The van der Waals surface area contributed by atoms with Gasteiger partial charge in [-0.05, 0) is 45.1 Å². The van der Waals surface area contributed by atoms with Crippen molar-refractivity contribution in [3.63, 3.8) is 0 Å². The predicted molar refractivity (Wildman–Crippen MR) is 90.3 cm³/mol. The highest BCUT2D eigenvalue weighted by atomic mass is 15.5. The number of hydrogen-bond acceptors (Lipinski definition) is 3. The van der Waals surface area contributed by atoms with Crippen LogP contribution in [0.25, 0.3) is 0 Å². The van der Waals surface area contributed by atoms with Crippen LogP contribution in [0.3, 0.4) is 0 Å². The number of aromatic nitrogens is 3. The first kappa shape index (κ1) is 15.1. The van der Waals surface area contributed by atoms with Gasteiger partial charge in [-0.25, -0.2) is 4.68 Å². The summed E-state index contributed by atoms with van der Waals surface area (Å²) in [5.74, 6) is 2.06. The van der Waals surface area contributed by atoms with Gasteiger partial charge in [0.25, 0.3) is 0 Å². The third-order valence-corrected chi connectivity index (χ3v) is 4.24. The van der Waals surface area contributed by atoms with Gasteiger partial charge in [0.2, 0.25) is 5.95 Å². The van der Waals surface area contributed by atoms with Crippen molar-refractivity contribution in [3.05, 3.63) is 41.7 Å². The summed E-state index contributed by atoms with van der Waals surface area (Å²) >= 11 is 0. The molecule has 0 spiro atoms. The van der Waals surface area contributed by atoms with Crippen LogP contribution in [0.2, 0.25) is 0 Å². The molecule has 1 aliphatic rings. The second kappa shape index (κ2) is 6.95. The van der Waals surface area contributed by atoms with E-state index in [-0.39, 0.29) is 0 Å². The zero-order valence-corrected chi connectivity index (χ0v) is 13.7. The molecule has 0 amide bonds. The molecule has 0 atom stereocenters. The van der Waals surface area contributed by atoms with Gasteiger partial charge in [-0.2, -0.15) is 10.1 Å². The van der Waals surface area contributed by atoms with Crippen molar-refractivity contribution in [1.29, 1.82) is 0 Å². The summed E-state index contributed by atoms with van der Waals surface area (Å²) in [4.78, 5) is 7.21. The van der Waals surface area contributed by atoms with E-state index in [9.17, 15) is 0 Å². The van der Waals surface area contributed by atoms with Crippen LogP contribution in [0.15, 0.2) is 30.3 Å². The summed E-state index contributed by atoms with van der Waals surface area (Å²) in [6.45, 7) is 6.60. The first-order valence-electron chi connectivity index (χ1n) is 8.48. The Morgan fingerprint density at radius 1 is 1.05 bits per heavy atom. The minimum Gasteiger partial charge on any atom is -0.341 e. The van der Waals surface area contributed by atoms with Crippen LogP contribution in [-0.4, -0.2) is 27.9 Å². The second-order valence-corrected chi connectivity index (χ2v) is 6.40. The molecular formula is C18H26N4. The average Bonchev–Trinajstić information content (AvgIpc) is 3.17. The summed E-state index contributed by atoms with van der Waals surface area (Å²) in [5, 5.41) is 4.75. The maximum atomic E-state index is 4.82. The van der Waals surface area contributed by atoms with Gasteiger partial charge in [0.15, 0.2) is 5.82 Å². The van der Waals surface area contributed by atoms with E-state index in [1.165, 1.54) is 18.4 Å². The van der Waals surface area contributed by atoms with Crippen molar-refractivity contribution < 1.29 is 0 Å². The SMILES string of the molecule is CC(C)n1nc(CCCc2ccccc2)nc1N1CCCC1. The van der Waals surface area contributed by atoms with Crippen LogP contribution in [0.1, 0.15) is 50.5 Å². The van der Waals surface area contributed by atoms with Gasteiger partial charge in [0, 0.05) is 19.5 Å². The van der Waals surface area contributed by atoms with Gasteiger partial charge in [0.05, 0.1) is 6.04 Å². The maximum absolute atomic E-state index is 4.82. The van der Waals surface area contributed by atoms with E-state index in [4.69, 9.17) is 10.1 Å². The number of nitrogens with zero attached hydrogens (tertiary/aromatic N) is 4. The zero-order chi connectivity index (χ0) is 15.4. The Morgan fingerprint density at radius 3 is 2.45 bits per heavy atom. The van der Waals surface area contributed by atoms with Crippen LogP contribution in [0.5, 0.6) is 0 Å². The molecule has 1 saturated heterocycles. The Hall–Kier alpha value is -1.84. The van der Waals surface area contributed by atoms with Gasteiger partial charge in [0.1, 0.15) is 0 Å². The highest BCUT2D eigenvalue weighted by molar-refractivity contribution is 5.32. The predicted octanol–water partition coefficient (Wildman–Crippen LogP) is 3.63. The van der Waals surface area contributed by atoms with E-state index in [0.717, 1.165) is 44.1 Å². The van der Waals surface area contributed by atoms with Crippen molar-refractivity contribution in [2.24, 2.45) is 0 Å². The zero-order valence-electron chi connectivity index (χ0n) is 13.7. The molecule has 0 aliphatic carbocycles. The van der Waals surface area contributed by atoms with E-state index in [1.807, 2.05) is 0 Å². The topological polar surface area (TPSA) is 34.0 Å². The largest absolute Gasteiger partial charge is 0.341 e. The standard InChI is InChI=1S/C18H26N4/c1-15(2)22-18(21-13-6-7-14-21)19-17(20-22)12-8-11-16-9-4-3-5-10-16/h3-5,9-10,15H,6-8,11-14H2,1-2H3. The molecule has 2 heterocycles. The van der Waals surface area contributed by atoms with E-state index in [1.54, 1.807) is 0 Å². The van der Waals surface area contributed by atoms with Gasteiger partial charge in [-0.1, -0.05) is 30.3 Å². The summed E-state index contributed by atoms with van der Waals surface area (Å²) in [5.41, 5.74) is 1.39. The van der Waals surface area contributed by atoms with Crippen LogP contribution >= 0.6 is 0 Å². The van der Waals surface area contributed by atoms with Crippen LogP contribution in [0, 0.1) is 0 Å². The number of hydrogen-bond donors (Lipinski definition) is 0. The Bertz CT molecular complexity index is 582. The van der Waals surface area contributed by atoms with Gasteiger partial charge < -0.3 is 4.90 Å². The average molecular weight is 298 g/mol. The molecular weight excluding hydrogens is 272 g/mol. The van der Waals surface area contributed by atoms with Crippen LogP contribution < -0.4 is 4.90 Å². The van der Waals surface area contributed by atoms with E-state index >= 15 is 0 Å². The molecule has 1 aromatic carbocycles. The normalized spacial score (nSPS) is 15.0. The molecule has 2 aromatic rings. The molecule has 3 rings (SSSR count). The third kappa shape index (κ3) is 3.49. The lowest BCUT2D eigenvalue weighted by molar-refractivity contribution is 0.522. The molecule has 1 aliphatic heterocycles. The smallest absolute Gasteiger partial charge is 0.224 e. The summed E-state index contributed by atoms with van der Waals surface area (Å²) in [7, 11) is 0. The minimum atomic E-state index is 0.367. The Labute approximate surface area is 133 Å². The van der Waals surface area contributed by atoms with E-state index in [2.05, 4.69) is 53.8 Å². The fourth-order valence-electron chi connectivity index (χ4n) is 3.04. The fraction of sp³-hybridized carbons (Fsp3) is 0.556. The molecule has 0 bridgehead atoms. The molecule has 0 radical (unpaired) electrons. The van der Waals surface area contributed by atoms with Gasteiger partial charge >= 0.3 is 0 Å². The Balaban J connectivity index is 1.65. The molecule has 1 aromatic heterocycles. The first-order valence-corrected chi connectivity index (χ1v) is 8.48. The fourth-order valence-corrected chi connectivity index (χ4v) is 3.04. The molecule has 1 fully saturated rings. The summed E-state index contributed by atoms with van der Waals surface area (Å²) in [6, 6.07) is 11.0. The summed E-state index contributed by atoms with van der Waals surface area (Å²) < 4.78 is 2.10. The van der Waals surface area contributed by atoms with E-state index < -0.39 is 0 Å². The van der Waals surface area contributed by atoms with Crippen molar-refractivity contribution in [1.82, 2.24) is 14.8 Å². The Morgan fingerprint density at radius 2 is 1.77 bits per heavy atom. The number of aryl methyl sites for hydroxylation is 2. The van der Waals surface area contributed by atoms with Crippen molar-refractivity contribution in [3.8, 4) is 0 Å². The van der Waals surface area contributed by atoms with Gasteiger partial charge in [-0.3, -0.25) is 0 Å². The lowest BCUT2D eigenvalue weighted by Crippen LogP contribution is -2.23. The van der Waals surface area contributed by atoms with Crippen molar-refractivity contribution in [2.45, 2.75) is 52.0 Å². The Kier molecular flexibility index (Phi) is 4.76. The number of anilines is 1. The van der Waals surface area contributed by atoms with Crippen molar-refractivity contribution >= 4 is 5.95 Å². The number of rotatable bonds is 6. The highest BCUT2D eigenvalue weighted by Crippen LogP contribution is 2.22. The first-order chi connectivity index (χ1) is 10.7. The van der Waals surface area contributed by atoms with E-state index in [0.29, 0.717) is 6.04 Å². The minimum absolute atomic E-state index is 0.367. The molecule has 118 valence electrons. The van der Waals surface area contributed by atoms with Gasteiger partial charge in [-0.15, -0.1) is 0 Å². The summed E-state index contributed by atoms with van der Waals surface area (Å²) in [6.07, 6.45) is 5.69. The monoisotopic (exact) mass is 298 g/mol. The maximum Gasteiger partial charge on any atom is 0.224 e. The molecule has 4 nitrogen and oxygen atoms in total. The second-order valence-electron chi connectivity index (χ2n) is 6.40. The molecule has 0 N–H and O–H groups in total. The molecule has 0 unspecified atom stereocenters. The quantitative estimate of drug-likeness (QED) is 0.816. The molecule has 22 heavy (non-hydrogen) atoms. The molecule has 0 saturated carbocycles. The van der Waals surface area contributed by atoms with Crippen molar-refractivity contribution in [2.75, 3.05) is 18.0 Å². The lowest BCUT2D eigenvalue weighted by atomic mass is 10.1. The number of benzene rings is 1.